The van der Waals surface area contributed by atoms with Crippen LogP contribution in [0.25, 0.3) is 21.3 Å². The number of nitrogens with zero attached hydrogens (tertiary/aromatic N) is 1. The predicted molar refractivity (Wildman–Crippen MR) is 132 cm³/mol. The van der Waals surface area contributed by atoms with Crippen LogP contribution in [0.1, 0.15) is 34.5 Å². The van der Waals surface area contributed by atoms with Crippen molar-refractivity contribution in [3.05, 3.63) is 88.4 Å². The Kier molecular flexibility index (Phi) is 6.02. The molecule has 172 valence electrons. The van der Waals surface area contributed by atoms with Crippen LogP contribution in [0, 0.1) is 0 Å². The van der Waals surface area contributed by atoms with Gasteiger partial charge in [-0.1, -0.05) is 61.5 Å². The number of ether oxygens (including phenoxy) is 1. The van der Waals surface area contributed by atoms with Gasteiger partial charge in [-0.05, 0) is 46.4 Å². The largest absolute Gasteiger partial charge is 0.480 e. The van der Waals surface area contributed by atoms with Crippen LogP contribution >= 0.6 is 11.3 Å². The van der Waals surface area contributed by atoms with Gasteiger partial charge in [0.2, 0.25) is 0 Å². The first-order valence-electron chi connectivity index (χ1n) is 11.3. The molecule has 6 nitrogen and oxygen atoms in total. The van der Waals surface area contributed by atoms with E-state index in [0.29, 0.717) is 5.01 Å². The minimum absolute atomic E-state index is 0.0848. The van der Waals surface area contributed by atoms with Crippen LogP contribution in [0.2, 0.25) is 0 Å². The number of alkyl carbamates (subject to hydrolysis) is 1. The molecule has 1 amide bonds. The van der Waals surface area contributed by atoms with E-state index in [2.05, 4.69) is 35.4 Å². The fraction of sp³-hybridized carbons (Fsp3) is 0.222. The topological polar surface area (TPSA) is 88.5 Å². The van der Waals surface area contributed by atoms with Gasteiger partial charge in [0.05, 0.1) is 15.2 Å². The maximum Gasteiger partial charge on any atom is 0.407 e. The minimum atomic E-state index is -1.12. The normalized spacial score (nSPS) is 13.3. The van der Waals surface area contributed by atoms with E-state index in [9.17, 15) is 14.7 Å². The molecule has 2 N–H and O–H groups in total. The standard InChI is InChI=1S/C27H24N2O4S/c1-2-16-11-12-22-24(13-16)34-25(28-22)14-23(26(30)31)29-27(32)33-15-21-19-9-5-3-7-17(19)18-8-4-6-10-20(18)21/h3-13,21,23H,2,14-15H2,1H3,(H,29,32)(H,30,31). The van der Waals surface area contributed by atoms with E-state index < -0.39 is 18.1 Å². The molecule has 5 rings (SSSR count). The minimum Gasteiger partial charge on any atom is -0.480 e. The number of hydrogen-bond acceptors (Lipinski definition) is 5. The second-order valence-corrected chi connectivity index (χ2v) is 9.44. The SMILES string of the molecule is CCc1ccc2nc(CC(NC(=O)OCC3c4ccccc4-c4ccccc43)C(=O)O)sc2c1. The number of carbonyl (C=O) groups excluding carboxylic acids is 1. The van der Waals surface area contributed by atoms with Crippen LogP contribution in [0.5, 0.6) is 0 Å². The van der Waals surface area contributed by atoms with Crippen molar-refractivity contribution < 1.29 is 19.4 Å². The van der Waals surface area contributed by atoms with Crippen LogP contribution in [0.3, 0.4) is 0 Å². The monoisotopic (exact) mass is 472 g/mol. The first-order chi connectivity index (χ1) is 16.5. The van der Waals surface area contributed by atoms with Crippen LogP contribution < -0.4 is 5.32 Å². The predicted octanol–water partition coefficient (Wildman–Crippen LogP) is 5.39. The van der Waals surface area contributed by atoms with Crippen molar-refractivity contribution in [3.63, 3.8) is 0 Å². The highest BCUT2D eigenvalue weighted by Gasteiger charge is 2.30. The van der Waals surface area contributed by atoms with Crippen molar-refractivity contribution in [2.45, 2.75) is 31.7 Å². The van der Waals surface area contributed by atoms with Gasteiger partial charge in [0, 0.05) is 12.3 Å². The molecule has 1 aromatic heterocycles. The van der Waals surface area contributed by atoms with Gasteiger partial charge in [-0.25, -0.2) is 14.6 Å². The Labute approximate surface area is 201 Å². The number of carboxylic acids is 1. The quantitative estimate of drug-likeness (QED) is 0.376. The number of hydrogen-bond donors (Lipinski definition) is 2. The van der Waals surface area contributed by atoms with Crippen molar-refractivity contribution in [2.75, 3.05) is 6.61 Å². The highest BCUT2D eigenvalue weighted by molar-refractivity contribution is 7.18. The van der Waals surface area contributed by atoms with E-state index in [4.69, 9.17) is 4.74 Å². The molecule has 34 heavy (non-hydrogen) atoms. The fourth-order valence-corrected chi connectivity index (χ4v) is 5.56. The number of thiazole rings is 1. The number of nitrogens with one attached hydrogen (secondary N) is 1. The summed E-state index contributed by atoms with van der Waals surface area (Å²) in [6.45, 7) is 2.22. The average Bonchev–Trinajstić information content (AvgIpc) is 3.40. The van der Waals surface area contributed by atoms with Crippen molar-refractivity contribution in [1.82, 2.24) is 10.3 Å². The lowest BCUT2D eigenvalue weighted by Gasteiger charge is -2.17. The van der Waals surface area contributed by atoms with Gasteiger partial charge < -0.3 is 15.2 Å². The molecule has 1 atom stereocenters. The van der Waals surface area contributed by atoms with Gasteiger partial charge >= 0.3 is 12.1 Å². The molecule has 1 aliphatic rings. The Balaban J connectivity index is 1.26. The number of aliphatic carboxylic acids is 1. The maximum atomic E-state index is 12.6. The van der Waals surface area contributed by atoms with E-state index in [1.807, 2.05) is 48.5 Å². The molecule has 0 radical (unpaired) electrons. The molecule has 1 heterocycles. The van der Waals surface area contributed by atoms with Crippen molar-refractivity contribution in [3.8, 4) is 11.1 Å². The number of rotatable bonds is 7. The highest BCUT2D eigenvalue weighted by Crippen LogP contribution is 2.44. The molecule has 0 spiro atoms. The Bertz CT molecular complexity index is 1330. The molecule has 0 aliphatic heterocycles. The first-order valence-corrected chi connectivity index (χ1v) is 12.1. The zero-order valence-corrected chi connectivity index (χ0v) is 19.5. The summed E-state index contributed by atoms with van der Waals surface area (Å²) in [6.07, 6.45) is 0.272. The van der Waals surface area contributed by atoms with Gasteiger partial charge in [0.25, 0.3) is 0 Å². The van der Waals surface area contributed by atoms with Gasteiger partial charge in [0.15, 0.2) is 0 Å². The Morgan fingerprint density at radius 1 is 1.06 bits per heavy atom. The zero-order chi connectivity index (χ0) is 23.7. The summed E-state index contributed by atoms with van der Waals surface area (Å²) >= 11 is 1.45. The maximum absolute atomic E-state index is 12.6. The van der Waals surface area contributed by atoms with Gasteiger partial charge in [-0.3, -0.25) is 0 Å². The molecule has 1 aliphatic carbocycles. The number of amides is 1. The Hall–Kier alpha value is -3.71. The van der Waals surface area contributed by atoms with E-state index >= 15 is 0 Å². The van der Waals surface area contributed by atoms with Gasteiger partial charge in [-0.2, -0.15) is 0 Å². The number of aryl methyl sites for hydroxylation is 1. The molecule has 1 unspecified atom stereocenters. The molecule has 0 saturated carbocycles. The summed E-state index contributed by atoms with van der Waals surface area (Å²) in [5.74, 6) is -1.21. The lowest BCUT2D eigenvalue weighted by Crippen LogP contribution is -2.42. The summed E-state index contributed by atoms with van der Waals surface area (Å²) in [5.41, 5.74) is 6.52. The number of aromatic nitrogens is 1. The third-order valence-electron chi connectivity index (χ3n) is 6.22. The van der Waals surface area contributed by atoms with Gasteiger partial charge in [-0.15, -0.1) is 11.3 Å². The van der Waals surface area contributed by atoms with Gasteiger partial charge in [0.1, 0.15) is 12.6 Å². The number of carboxylic acid groups (broad SMARTS) is 1. The second-order valence-electron chi connectivity index (χ2n) is 8.33. The van der Waals surface area contributed by atoms with Crippen LogP contribution in [-0.2, 0) is 22.4 Å². The summed E-state index contributed by atoms with van der Waals surface area (Å²) in [6, 6.07) is 21.1. The second kappa shape index (κ2) is 9.27. The molecule has 3 aromatic carbocycles. The van der Waals surface area contributed by atoms with Crippen molar-refractivity contribution in [1.29, 1.82) is 0 Å². The third kappa shape index (κ3) is 4.26. The molecular formula is C27H24N2O4S. The molecule has 0 saturated heterocycles. The zero-order valence-electron chi connectivity index (χ0n) is 18.7. The van der Waals surface area contributed by atoms with E-state index in [0.717, 1.165) is 38.9 Å². The van der Waals surface area contributed by atoms with E-state index in [1.54, 1.807) is 0 Å². The average molecular weight is 473 g/mol. The van der Waals surface area contributed by atoms with E-state index in [-0.39, 0.29) is 18.9 Å². The number of carbonyl (C=O) groups is 2. The van der Waals surface area contributed by atoms with Crippen LogP contribution in [0.15, 0.2) is 66.7 Å². The molecule has 7 heteroatoms. The molecule has 0 bridgehead atoms. The molecular weight excluding hydrogens is 448 g/mol. The smallest absolute Gasteiger partial charge is 0.407 e. The van der Waals surface area contributed by atoms with Crippen LogP contribution in [-0.4, -0.2) is 34.8 Å². The van der Waals surface area contributed by atoms with Crippen LogP contribution in [0.4, 0.5) is 4.79 Å². The number of fused-ring (bicyclic) bond motifs is 4. The number of benzene rings is 3. The Morgan fingerprint density at radius 3 is 2.38 bits per heavy atom. The van der Waals surface area contributed by atoms with E-state index in [1.165, 1.54) is 16.9 Å². The molecule has 4 aromatic rings. The van der Waals surface area contributed by atoms with Crippen molar-refractivity contribution in [2.24, 2.45) is 0 Å². The summed E-state index contributed by atoms with van der Waals surface area (Å²) in [7, 11) is 0. The fourth-order valence-electron chi connectivity index (χ4n) is 4.48. The summed E-state index contributed by atoms with van der Waals surface area (Å²) < 4.78 is 6.53. The Morgan fingerprint density at radius 2 is 1.74 bits per heavy atom. The lowest BCUT2D eigenvalue weighted by molar-refractivity contribution is -0.139. The summed E-state index contributed by atoms with van der Waals surface area (Å²) in [5, 5.41) is 12.9. The first kappa shape index (κ1) is 22.1. The highest BCUT2D eigenvalue weighted by atomic mass is 32.1. The van der Waals surface area contributed by atoms with Crippen molar-refractivity contribution >= 4 is 33.6 Å². The lowest BCUT2D eigenvalue weighted by atomic mass is 9.98. The molecule has 0 fully saturated rings. The third-order valence-corrected chi connectivity index (χ3v) is 7.26. The summed E-state index contributed by atoms with van der Waals surface area (Å²) in [4.78, 5) is 29.0.